The number of nitrogens with zero attached hydrogens (tertiary/aromatic N) is 1. The number of carbonyl (C=O) groups excluding carboxylic acids is 1. The van der Waals surface area contributed by atoms with Crippen LogP contribution in [0.15, 0.2) is 24.3 Å². The van der Waals surface area contributed by atoms with E-state index in [2.05, 4.69) is 0 Å². The molecule has 0 saturated carbocycles. The van der Waals surface area contributed by atoms with Gasteiger partial charge in [-0.25, -0.2) is 4.79 Å². The van der Waals surface area contributed by atoms with Crippen LogP contribution in [0, 0.1) is 6.92 Å². The molecule has 5 nitrogen and oxygen atoms in total. The third-order valence-electron chi connectivity index (χ3n) is 2.93. The molecule has 0 aromatic heterocycles. The van der Waals surface area contributed by atoms with Crippen LogP contribution in [0.3, 0.4) is 0 Å². The van der Waals surface area contributed by atoms with Gasteiger partial charge in [-0.15, -0.1) is 0 Å². The standard InChI is InChI=1S/C13H15NO4/c1-9-2-4-10(5-3-9)12(15)14-6-7-18-11(8-14)13(16)17/h2-5,11H,6-8H2,1H3,(H,16,17). The van der Waals surface area contributed by atoms with Gasteiger partial charge in [-0.3, -0.25) is 4.79 Å². The Labute approximate surface area is 105 Å². The summed E-state index contributed by atoms with van der Waals surface area (Å²) in [5, 5.41) is 8.88. The first kappa shape index (κ1) is 12.6. The average Bonchev–Trinajstić information content (AvgIpc) is 2.39. The number of aryl methyl sites for hydroxylation is 1. The van der Waals surface area contributed by atoms with Gasteiger partial charge in [0.15, 0.2) is 6.10 Å². The molecular formula is C13H15NO4. The molecule has 18 heavy (non-hydrogen) atoms. The van der Waals surface area contributed by atoms with Crippen molar-refractivity contribution in [1.29, 1.82) is 0 Å². The van der Waals surface area contributed by atoms with E-state index < -0.39 is 12.1 Å². The summed E-state index contributed by atoms with van der Waals surface area (Å²) in [5.41, 5.74) is 1.66. The van der Waals surface area contributed by atoms with Gasteiger partial charge in [0.25, 0.3) is 5.91 Å². The van der Waals surface area contributed by atoms with Gasteiger partial charge < -0.3 is 14.7 Å². The summed E-state index contributed by atoms with van der Waals surface area (Å²) in [4.78, 5) is 24.5. The highest BCUT2D eigenvalue weighted by Crippen LogP contribution is 2.11. The van der Waals surface area contributed by atoms with E-state index in [0.717, 1.165) is 5.56 Å². The highest BCUT2D eigenvalue weighted by atomic mass is 16.5. The summed E-state index contributed by atoms with van der Waals surface area (Å²) >= 11 is 0. The maximum Gasteiger partial charge on any atom is 0.334 e. The Hall–Kier alpha value is -1.88. The van der Waals surface area contributed by atoms with Crippen molar-refractivity contribution >= 4 is 11.9 Å². The second-order valence-corrected chi connectivity index (χ2v) is 4.31. The van der Waals surface area contributed by atoms with Gasteiger partial charge >= 0.3 is 5.97 Å². The van der Waals surface area contributed by atoms with Crippen LogP contribution < -0.4 is 0 Å². The quantitative estimate of drug-likeness (QED) is 0.846. The number of benzene rings is 1. The Morgan fingerprint density at radius 1 is 1.33 bits per heavy atom. The van der Waals surface area contributed by atoms with Gasteiger partial charge in [0.05, 0.1) is 13.2 Å². The fourth-order valence-corrected chi connectivity index (χ4v) is 1.86. The van der Waals surface area contributed by atoms with E-state index in [0.29, 0.717) is 12.1 Å². The number of aliphatic carboxylic acids is 1. The largest absolute Gasteiger partial charge is 0.479 e. The molecule has 0 radical (unpaired) electrons. The van der Waals surface area contributed by atoms with Crippen LogP contribution in [-0.2, 0) is 9.53 Å². The minimum absolute atomic E-state index is 0.0992. The van der Waals surface area contributed by atoms with Crippen molar-refractivity contribution in [3.8, 4) is 0 Å². The summed E-state index contributed by atoms with van der Waals surface area (Å²) in [7, 11) is 0. The highest BCUT2D eigenvalue weighted by Gasteiger charge is 2.29. The number of hydrogen-bond acceptors (Lipinski definition) is 3. The lowest BCUT2D eigenvalue weighted by Gasteiger charge is -2.30. The van der Waals surface area contributed by atoms with E-state index in [-0.39, 0.29) is 19.1 Å². The van der Waals surface area contributed by atoms with Crippen molar-refractivity contribution in [2.75, 3.05) is 19.7 Å². The van der Waals surface area contributed by atoms with E-state index >= 15 is 0 Å². The third kappa shape index (κ3) is 2.68. The number of morpholine rings is 1. The Balaban J connectivity index is 2.09. The van der Waals surface area contributed by atoms with Crippen molar-refractivity contribution in [3.05, 3.63) is 35.4 Å². The van der Waals surface area contributed by atoms with Gasteiger partial charge in [-0.2, -0.15) is 0 Å². The zero-order chi connectivity index (χ0) is 13.1. The molecule has 0 spiro atoms. The van der Waals surface area contributed by atoms with Crippen molar-refractivity contribution in [2.45, 2.75) is 13.0 Å². The second kappa shape index (κ2) is 5.18. The molecule has 1 amide bonds. The minimum atomic E-state index is -1.03. The first-order valence-electron chi connectivity index (χ1n) is 5.78. The molecule has 1 heterocycles. The van der Waals surface area contributed by atoms with Crippen LogP contribution in [0.5, 0.6) is 0 Å². The van der Waals surface area contributed by atoms with Crippen LogP contribution in [0.25, 0.3) is 0 Å². The Kier molecular flexibility index (Phi) is 3.62. The van der Waals surface area contributed by atoms with E-state index in [1.54, 1.807) is 12.1 Å². The number of hydrogen-bond donors (Lipinski definition) is 1. The summed E-state index contributed by atoms with van der Waals surface area (Å²) in [6.45, 7) is 2.73. The van der Waals surface area contributed by atoms with Crippen LogP contribution in [0.4, 0.5) is 0 Å². The molecule has 1 aliphatic rings. The monoisotopic (exact) mass is 249 g/mol. The summed E-state index contributed by atoms with van der Waals surface area (Å²) in [6.07, 6.45) is -0.923. The molecule has 1 atom stereocenters. The molecule has 1 aromatic carbocycles. The number of rotatable bonds is 2. The molecule has 96 valence electrons. The molecule has 1 saturated heterocycles. The van der Waals surface area contributed by atoms with Gasteiger partial charge in [0.1, 0.15) is 0 Å². The maximum atomic E-state index is 12.2. The van der Waals surface area contributed by atoms with Crippen molar-refractivity contribution in [2.24, 2.45) is 0 Å². The van der Waals surface area contributed by atoms with Gasteiger partial charge in [0, 0.05) is 12.1 Å². The number of amides is 1. The fourth-order valence-electron chi connectivity index (χ4n) is 1.86. The van der Waals surface area contributed by atoms with Crippen LogP contribution in [0.1, 0.15) is 15.9 Å². The minimum Gasteiger partial charge on any atom is -0.479 e. The predicted octanol–water partition coefficient (Wildman–Crippen LogP) is 0.921. The van der Waals surface area contributed by atoms with Crippen LogP contribution in [0.2, 0.25) is 0 Å². The predicted molar refractivity (Wildman–Crippen MR) is 64.5 cm³/mol. The number of carbonyl (C=O) groups is 2. The lowest BCUT2D eigenvalue weighted by atomic mass is 10.1. The van der Waals surface area contributed by atoms with E-state index in [1.807, 2.05) is 19.1 Å². The third-order valence-corrected chi connectivity index (χ3v) is 2.93. The molecule has 1 aromatic rings. The molecule has 5 heteroatoms. The molecule has 1 unspecified atom stereocenters. The summed E-state index contributed by atoms with van der Waals surface area (Å²) in [6, 6.07) is 7.23. The van der Waals surface area contributed by atoms with E-state index in [4.69, 9.17) is 9.84 Å². The smallest absolute Gasteiger partial charge is 0.334 e. The van der Waals surface area contributed by atoms with Gasteiger partial charge in [0.2, 0.25) is 0 Å². The maximum absolute atomic E-state index is 12.2. The van der Waals surface area contributed by atoms with Crippen LogP contribution >= 0.6 is 0 Å². The molecular weight excluding hydrogens is 234 g/mol. The lowest BCUT2D eigenvalue weighted by molar-refractivity contribution is -0.154. The zero-order valence-corrected chi connectivity index (χ0v) is 10.1. The Morgan fingerprint density at radius 3 is 2.61 bits per heavy atom. The zero-order valence-electron chi connectivity index (χ0n) is 10.1. The summed E-state index contributed by atoms with van der Waals surface area (Å²) < 4.78 is 5.08. The van der Waals surface area contributed by atoms with E-state index in [1.165, 1.54) is 4.90 Å². The topological polar surface area (TPSA) is 66.8 Å². The van der Waals surface area contributed by atoms with E-state index in [9.17, 15) is 9.59 Å². The van der Waals surface area contributed by atoms with Crippen LogP contribution in [-0.4, -0.2) is 47.7 Å². The van der Waals surface area contributed by atoms with Gasteiger partial charge in [-0.1, -0.05) is 17.7 Å². The number of carboxylic acid groups (broad SMARTS) is 1. The normalized spacial score (nSPS) is 19.6. The number of carboxylic acids is 1. The first-order valence-corrected chi connectivity index (χ1v) is 5.78. The Morgan fingerprint density at radius 2 is 2.00 bits per heavy atom. The van der Waals surface area contributed by atoms with Crippen molar-refractivity contribution in [3.63, 3.8) is 0 Å². The van der Waals surface area contributed by atoms with Crippen molar-refractivity contribution in [1.82, 2.24) is 4.90 Å². The fraction of sp³-hybridized carbons (Fsp3) is 0.385. The first-order chi connectivity index (χ1) is 8.58. The molecule has 1 fully saturated rings. The molecule has 1 N–H and O–H groups in total. The molecule has 2 rings (SSSR count). The Bertz CT molecular complexity index is 455. The highest BCUT2D eigenvalue weighted by molar-refractivity contribution is 5.94. The number of ether oxygens (including phenoxy) is 1. The molecule has 0 aliphatic carbocycles. The molecule has 0 bridgehead atoms. The molecule has 1 aliphatic heterocycles. The average molecular weight is 249 g/mol. The van der Waals surface area contributed by atoms with Gasteiger partial charge in [-0.05, 0) is 19.1 Å². The lowest BCUT2D eigenvalue weighted by Crippen LogP contribution is -2.48. The summed E-state index contributed by atoms with van der Waals surface area (Å²) in [5.74, 6) is -1.18. The van der Waals surface area contributed by atoms with Crippen molar-refractivity contribution < 1.29 is 19.4 Å². The second-order valence-electron chi connectivity index (χ2n) is 4.31. The SMILES string of the molecule is Cc1ccc(C(=O)N2CCOC(C(=O)O)C2)cc1.